The predicted molar refractivity (Wildman–Crippen MR) is 82.7 cm³/mol. The summed E-state index contributed by atoms with van der Waals surface area (Å²) in [6, 6.07) is 11.8. The van der Waals surface area contributed by atoms with Crippen LogP contribution in [-0.2, 0) is 6.42 Å². The van der Waals surface area contributed by atoms with E-state index in [2.05, 4.69) is 24.9 Å². The molecule has 0 aliphatic heterocycles. The average Bonchev–Trinajstić information content (AvgIpc) is 2.46. The molecule has 0 saturated heterocycles. The van der Waals surface area contributed by atoms with Crippen LogP contribution in [0.5, 0.6) is 5.75 Å². The van der Waals surface area contributed by atoms with Gasteiger partial charge in [0.05, 0.1) is 7.11 Å². The number of nitrogens with zero attached hydrogens (tertiary/aromatic N) is 1. The number of benzene rings is 1. The summed E-state index contributed by atoms with van der Waals surface area (Å²) in [5, 5.41) is 9.38. The molecule has 2 aromatic rings. The average molecular weight is 282 g/mol. The molecule has 21 heavy (non-hydrogen) atoms. The van der Waals surface area contributed by atoms with Crippen molar-refractivity contribution in [3.05, 3.63) is 41.6 Å². The summed E-state index contributed by atoms with van der Waals surface area (Å²) < 4.78 is 5.25. The molecule has 0 saturated carbocycles. The zero-order valence-electron chi connectivity index (χ0n) is 12.6. The van der Waals surface area contributed by atoms with Crippen molar-refractivity contribution in [3.63, 3.8) is 0 Å². The number of H-pyrrole nitrogens is 1. The number of hydrogen-bond acceptors (Lipinski definition) is 3. The van der Waals surface area contributed by atoms with Gasteiger partial charge in [-0.2, -0.15) is 5.26 Å². The topological polar surface area (TPSA) is 73.2 Å². The number of anilines is 1. The van der Waals surface area contributed by atoms with Gasteiger partial charge in [0.25, 0.3) is 5.82 Å². The summed E-state index contributed by atoms with van der Waals surface area (Å²) in [5.74, 6) is 1.67. The molecule has 1 aromatic heterocycles. The zero-order valence-corrected chi connectivity index (χ0v) is 12.6. The molecule has 0 radical (unpaired) electrons. The SMILES string of the molecule is COc1cccc(-c2cc(CC(C)C)[nH+]c(N)c2C#N)c1. The smallest absolute Gasteiger partial charge is 0.289 e. The van der Waals surface area contributed by atoms with E-state index in [0.29, 0.717) is 17.3 Å². The van der Waals surface area contributed by atoms with Crippen molar-refractivity contribution in [3.8, 4) is 22.9 Å². The Labute approximate surface area is 125 Å². The van der Waals surface area contributed by atoms with Crippen molar-refractivity contribution in [1.29, 1.82) is 5.26 Å². The normalized spacial score (nSPS) is 10.4. The standard InChI is InChI=1S/C17H19N3O/c1-11(2)7-13-9-15(16(10-18)17(19)20-13)12-5-4-6-14(8-12)21-3/h4-6,8-9,11H,7H2,1-3H3,(H2,19,20)/p+1. The lowest BCUT2D eigenvalue weighted by Crippen LogP contribution is -2.20. The second-order valence-electron chi connectivity index (χ2n) is 5.44. The monoisotopic (exact) mass is 282 g/mol. The number of ether oxygens (including phenoxy) is 1. The summed E-state index contributed by atoms with van der Waals surface area (Å²) in [4.78, 5) is 3.12. The molecule has 1 heterocycles. The van der Waals surface area contributed by atoms with Crippen LogP contribution in [0.2, 0.25) is 0 Å². The fourth-order valence-electron chi connectivity index (χ4n) is 2.35. The molecule has 0 bridgehead atoms. The van der Waals surface area contributed by atoms with Crippen LogP contribution >= 0.6 is 0 Å². The predicted octanol–water partition coefficient (Wildman–Crippen LogP) is 2.83. The maximum atomic E-state index is 9.38. The van der Waals surface area contributed by atoms with Crippen LogP contribution in [-0.4, -0.2) is 7.11 Å². The fraction of sp³-hybridized carbons (Fsp3) is 0.294. The highest BCUT2D eigenvalue weighted by Crippen LogP contribution is 2.29. The number of hydrogen-bond donors (Lipinski definition) is 1. The zero-order chi connectivity index (χ0) is 15.4. The molecule has 0 aliphatic rings. The summed E-state index contributed by atoms with van der Waals surface area (Å²) in [7, 11) is 1.63. The summed E-state index contributed by atoms with van der Waals surface area (Å²) in [6.45, 7) is 4.29. The largest absolute Gasteiger partial charge is 0.497 e. The van der Waals surface area contributed by atoms with E-state index in [1.54, 1.807) is 7.11 Å². The van der Waals surface area contributed by atoms with Crippen LogP contribution in [0.3, 0.4) is 0 Å². The molecule has 108 valence electrons. The van der Waals surface area contributed by atoms with Gasteiger partial charge in [-0.15, -0.1) is 0 Å². The van der Waals surface area contributed by atoms with Gasteiger partial charge >= 0.3 is 0 Å². The minimum Gasteiger partial charge on any atom is -0.497 e. The number of pyridine rings is 1. The second-order valence-corrected chi connectivity index (χ2v) is 5.44. The Morgan fingerprint density at radius 1 is 1.33 bits per heavy atom. The number of nitriles is 1. The molecule has 0 atom stereocenters. The van der Waals surface area contributed by atoms with Gasteiger partial charge in [-0.05, 0) is 29.7 Å². The summed E-state index contributed by atoms with van der Waals surface area (Å²) >= 11 is 0. The van der Waals surface area contributed by atoms with Crippen LogP contribution < -0.4 is 15.5 Å². The number of nitrogens with two attached hydrogens (primary N) is 1. The van der Waals surface area contributed by atoms with Crippen molar-refractivity contribution >= 4 is 5.82 Å². The van der Waals surface area contributed by atoms with Gasteiger partial charge in [0.1, 0.15) is 23.1 Å². The third-order valence-electron chi connectivity index (χ3n) is 3.27. The van der Waals surface area contributed by atoms with Crippen LogP contribution in [0.4, 0.5) is 5.82 Å². The molecule has 4 heteroatoms. The van der Waals surface area contributed by atoms with E-state index in [-0.39, 0.29) is 0 Å². The fourth-order valence-corrected chi connectivity index (χ4v) is 2.35. The maximum Gasteiger partial charge on any atom is 0.289 e. The van der Waals surface area contributed by atoms with E-state index in [4.69, 9.17) is 10.5 Å². The van der Waals surface area contributed by atoms with E-state index in [0.717, 1.165) is 29.0 Å². The number of rotatable bonds is 4. The van der Waals surface area contributed by atoms with Crippen molar-refractivity contribution in [2.75, 3.05) is 12.8 Å². The Balaban J connectivity index is 2.59. The van der Waals surface area contributed by atoms with Crippen LogP contribution in [0, 0.1) is 17.2 Å². The highest BCUT2D eigenvalue weighted by atomic mass is 16.5. The van der Waals surface area contributed by atoms with Gasteiger partial charge in [-0.25, -0.2) is 4.98 Å². The van der Waals surface area contributed by atoms with Crippen molar-refractivity contribution < 1.29 is 9.72 Å². The molecule has 3 N–H and O–H groups in total. The molecule has 0 amide bonds. The first-order valence-corrected chi connectivity index (χ1v) is 6.94. The number of methoxy groups -OCH3 is 1. The minimum absolute atomic E-state index is 0.411. The third kappa shape index (κ3) is 3.32. The molecular formula is C17H20N3O+. The van der Waals surface area contributed by atoms with Gasteiger partial charge in [-0.3, -0.25) is 5.73 Å². The first-order chi connectivity index (χ1) is 10.0. The van der Waals surface area contributed by atoms with Gasteiger partial charge in [-0.1, -0.05) is 26.0 Å². The van der Waals surface area contributed by atoms with Crippen molar-refractivity contribution in [1.82, 2.24) is 0 Å². The Bertz CT molecular complexity index is 687. The summed E-state index contributed by atoms with van der Waals surface area (Å²) in [5.41, 5.74) is 9.27. The maximum absolute atomic E-state index is 9.38. The van der Waals surface area contributed by atoms with Crippen LogP contribution in [0.25, 0.3) is 11.1 Å². The van der Waals surface area contributed by atoms with Gasteiger partial charge in [0, 0.05) is 12.0 Å². The Hall–Kier alpha value is -2.54. The first kappa shape index (κ1) is 14.9. The number of nitrogens with one attached hydrogen (secondary N) is 1. The van der Waals surface area contributed by atoms with Gasteiger partial charge in [0.15, 0.2) is 0 Å². The highest BCUT2D eigenvalue weighted by molar-refractivity contribution is 5.75. The lowest BCUT2D eigenvalue weighted by Gasteiger charge is -2.09. The molecule has 0 aliphatic carbocycles. The molecule has 4 nitrogen and oxygen atoms in total. The minimum atomic E-state index is 0.411. The Morgan fingerprint density at radius 2 is 2.10 bits per heavy atom. The molecule has 0 fully saturated rings. The number of aromatic amines is 1. The quantitative estimate of drug-likeness (QED) is 0.937. The van der Waals surface area contributed by atoms with Gasteiger partial charge < -0.3 is 4.74 Å². The number of aromatic nitrogens is 1. The van der Waals surface area contributed by atoms with E-state index in [1.807, 2.05) is 30.3 Å². The molecule has 1 aromatic carbocycles. The lowest BCUT2D eigenvalue weighted by atomic mass is 9.98. The summed E-state index contributed by atoms with van der Waals surface area (Å²) in [6.07, 6.45) is 0.882. The molecular weight excluding hydrogens is 262 g/mol. The van der Waals surface area contributed by atoms with E-state index in [1.165, 1.54) is 0 Å². The first-order valence-electron chi connectivity index (χ1n) is 6.94. The Kier molecular flexibility index (Phi) is 4.44. The van der Waals surface area contributed by atoms with E-state index < -0.39 is 0 Å². The van der Waals surface area contributed by atoms with Crippen LogP contribution in [0.1, 0.15) is 25.1 Å². The Morgan fingerprint density at radius 3 is 2.71 bits per heavy atom. The lowest BCUT2D eigenvalue weighted by molar-refractivity contribution is -0.373. The molecule has 0 unspecified atom stereocenters. The van der Waals surface area contributed by atoms with E-state index >= 15 is 0 Å². The molecule has 0 spiro atoms. The van der Waals surface area contributed by atoms with Crippen molar-refractivity contribution in [2.24, 2.45) is 5.92 Å². The van der Waals surface area contributed by atoms with E-state index in [9.17, 15) is 5.26 Å². The third-order valence-corrected chi connectivity index (χ3v) is 3.27. The highest BCUT2D eigenvalue weighted by Gasteiger charge is 2.17. The van der Waals surface area contributed by atoms with Crippen LogP contribution in [0.15, 0.2) is 30.3 Å². The second kappa shape index (κ2) is 6.27. The van der Waals surface area contributed by atoms with Crippen molar-refractivity contribution in [2.45, 2.75) is 20.3 Å². The number of nitrogen functional groups attached to an aromatic ring is 1. The van der Waals surface area contributed by atoms with Gasteiger partial charge in [0.2, 0.25) is 0 Å². The molecule has 2 rings (SSSR count).